The Morgan fingerprint density at radius 3 is 2.71 bits per heavy atom. The fourth-order valence-corrected chi connectivity index (χ4v) is 1.74. The molecule has 0 aliphatic carbocycles. The summed E-state index contributed by atoms with van der Waals surface area (Å²) in [6.45, 7) is 6.49. The third-order valence-electron chi connectivity index (χ3n) is 2.49. The molecule has 4 heteroatoms. The Hall–Kier alpha value is -1.42. The summed E-state index contributed by atoms with van der Waals surface area (Å²) in [4.78, 5) is 4.45. The van der Waals surface area contributed by atoms with Crippen LogP contribution in [-0.2, 0) is 6.54 Å². The summed E-state index contributed by atoms with van der Waals surface area (Å²) in [5.41, 5.74) is 10.7. The van der Waals surface area contributed by atoms with E-state index in [-0.39, 0.29) is 0 Å². The number of hydrogen-bond acceptors (Lipinski definition) is 3. The van der Waals surface area contributed by atoms with Crippen molar-refractivity contribution in [2.45, 2.75) is 27.3 Å². The highest BCUT2D eigenvalue weighted by Crippen LogP contribution is 2.14. The fourth-order valence-electron chi connectivity index (χ4n) is 1.74. The lowest BCUT2D eigenvalue weighted by molar-refractivity contribution is 0.833. The van der Waals surface area contributed by atoms with Gasteiger partial charge in [0.05, 0.1) is 5.69 Å². The first kappa shape index (κ1) is 9.15. The number of aromatic nitrogens is 3. The van der Waals surface area contributed by atoms with Gasteiger partial charge < -0.3 is 5.73 Å². The smallest absolute Gasteiger partial charge is 0.155 e. The van der Waals surface area contributed by atoms with Crippen LogP contribution in [0.4, 0.5) is 0 Å². The third-order valence-corrected chi connectivity index (χ3v) is 2.49. The standard InChI is InChI=1S/C10H14N4/c1-6-4-10-12-7(2)9(5-11)8(3)14(10)13-6/h4H,5,11H2,1-3H3. The maximum absolute atomic E-state index is 5.67. The Bertz CT molecular complexity index is 484. The molecule has 0 aliphatic rings. The molecule has 2 N–H and O–H groups in total. The van der Waals surface area contributed by atoms with Gasteiger partial charge in [-0.05, 0) is 20.8 Å². The van der Waals surface area contributed by atoms with E-state index in [4.69, 9.17) is 5.73 Å². The van der Waals surface area contributed by atoms with Gasteiger partial charge in [0.15, 0.2) is 5.65 Å². The van der Waals surface area contributed by atoms with E-state index in [0.29, 0.717) is 6.54 Å². The highest BCUT2D eigenvalue weighted by Gasteiger charge is 2.08. The Balaban J connectivity index is 2.84. The minimum atomic E-state index is 0.513. The van der Waals surface area contributed by atoms with E-state index >= 15 is 0 Å². The summed E-state index contributed by atoms with van der Waals surface area (Å²) in [6.07, 6.45) is 0. The first-order chi connectivity index (χ1) is 6.63. The lowest BCUT2D eigenvalue weighted by Gasteiger charge is -2.08. The van der Waals surface area contributed by atoms with Crippen LogP contribution in [0, 0.1) is 20.8 Å². The van der Waals surface area contributed by atoms with Gasteiger partial charge in [-0.25, -0.2) is 9.50 Å². The minimum absolute atomic E-state index is 0.513. The predicted octanol–water partition coefficient (Wildman–Crippen LogP) is 1.11. The molecule has 2 heterocycles. The molecule has 0 radical (unpaired) electrons. The van der Waals surface area contributed by atoms with Gasteiger partial charge in [0.2, 0.25) is 0 Å². The van der Waals surface area contributed by atoms with Crippen molar-refractivity contribution in [2.24, 2.45) is 5.73 Å². The molecule has 4 nitrogen and oxygen atoms in total. The number of hydrogen-bond donors (Lipinski definition) is 1. The molecule has 0 bridgehead atoms. The van der Waals surface area contributed by atoms with E-state index < -0.39 is 0 Å². The highest BCUT2D eigenvalue weighted by molar-refractivity contribution is 5.44. The average Bonchev–Trinajstić information content (AvgIpc) is 2.47. The van der Waals surface area contributed by atoms with Crippen LogP contribution in [0.5, 0.6) is 0 Å². The van der Waals surface area contributed by atoms with Gasteiger partial charge >= 0.3 is 0 Å². The normalized spacial score (nSPS) is 11.1. The number of nitrogens with zero attached hydrogens (tertiary/aromatic N) is 3. The second kappa shape index (κ2) is 3.06. The van der Waals surface area contributed by atoms with E-state index in [1.165, 1.54) is 0 Å². The van der Waals surface area contributed by atoms with E-state index in [1.807, 2.05) is 31.4 Å². The minimum Gasteiger partial charge on any atom is -0.326 e. The third kappa shape index (κ3) is 1.19. The first-order valence-electron chi connectivity index (χ1n) is 4.66. The second-order valence-corrected chi connectivity index (χ2v) is 3.52. The topological polar surface area (TPSA) is 56.2 Å². The fraction of sp³-hybridized carbons (Fsp3) is 0.400. The predicted molar refractivity (Wildman–Crippen MR) is 55.1 cm³/mol. The molecule has 0 unspecified atom stereocenters. The van der Waals surface area contributed by atoms with Gasteiger partial charge in [0.25, 0.3) is 0 Å². The van der Waals surface area contributed by atoms with E-state index in [0.717, 1.165) is 28.3 Å². The summed E-state index contributed by atoms with van der Waals surface area (Å²) >= 11 is 0. The van der Waals surface area contributed by atoms with Gasteiger partial charge in [-0.15, -0.1) is 0 Å². The molecule has 0 spiro atoms. The molecule has 0 saturated heterocycles. The van der Waals surface area contributed by atoms with Crippen LogP contribution in [0.15, 0.2) is 6.07 Å². The van der Waals surface area contributed by atoms with Crippen LogP contribution in [0.2, 0.25) is 0 Å². The van der Waals surface area contributed by atoms with E-state index in [2.05, 4.69) is 10.1 Å². The molecular formula is C10H14N4. The molecule has 0 saturated carbocycles. The molecule has 14 heavy (non-hydrogen) atoms. The molecule has 74 valence electrons. The summed E-state index contributed by atoms with van der Waals surface area (Å²) in [5, 5.41) is 4.36. The van der Waals surface area contributed by atoms with Crippen molar-refractivity contribution in [2.75, 3.05) is 0 Å². The zero-order valence-corrected chi connectivity index (χ0v) is 8.70. The van der Waals surface area contributed by atoms with Gasteiger partial charge in [-0.3, -0.25) is 0 Å². The highest BCUT2D eigenvalue weighted by atomic mass is 15.3. The van der Waals surface area contributed by atoms with Crippen molar-refractivity contribution in [1.82, 2.24) is 14.6 Å². The van der Waals surface area contributed by atoms with Gasteiger partial charge in [0.1, 0.15) is 0 Å². The van der Waals surface area contributed by atoms with Crippen molar-refractivity contribution in [3.05, 3.63) is 28.7 Å². The Morgan fingerprint density at radius 2 is 2.07 bits per heavy atom. The maximum Gasteiger partial charge on any atom is 0.155 e. The molecule has 0 aromatic carbocycles. The summed E-state index contributed by atoms with van der Waals surface area (Å²) in [7, 11) is 0. The molecular weight excluding hydrogens is 176 g/mol. The quantitative estimate of drug-likeness (QED) is 0.733. The van der Waals surface area contributed by atoms with Crippen LogP contribution >= 0.6 is 0 Å². The Labute approximate surface area is 82.8 Å². The Kier molecular flexibility index (Phi) is 2.00. The van der Waals surface area contributed by atoms with Gasteiger partial charge in [0, 0.05) is 29.6 Å². The molecule has 0 aliphatic heterocycles. The molecule has 2 aromatic heterocycles. The number of aryl methyl sites for hydroxylation is 3. The van der Waals surface area contributed by atoms with Crippen LogP contribution < -0.4 is 5.73 Å². The van der Waals surface area contributed by atoms with E-state index in [1.54, 1.807) is 0 Å². The first-order valence-corrected chi connectivity index (χ1v) is 4.66. The van der Waals surface area contributed by atoms with Crippen molar-refractivity contribution in [3.8, 4) is 0 Å². The molecule has 2 rings (SSSR count). The summed E-state index contributed by atoms with van der Waals surface area (Å²) in [6, 6.07) is 1.97. The largest absolute Gasteiger partial charge is 0.326 e. The van der Waals surface area contributed by atoms with Crippen molar-refractivity contribution >= 4 is 5.65 Å². The molecule has 2 aromatic rings. The number of nitrogens with two attached hydrogens (primary N) is 1. The van der Waals surface area contributed by atoms with Crippen LogP contribution in [0.1, 0.15) is 22.6 Å². The lowest BCUT2D eigenvalue weighted by atomic mass is 10.2. The van der Waals surface area contributed by atoms with Gasteiger partial charge in [-0.1, -0.05) is 0 Å². The summed E-state index contributed by atoms with van der Waals surface area (Å²) < 4.78 is 1.85. The van der Waals surface area contributed by atoms with Crippen molar-refractivity contribution in [1.29, 1.82) is 0 Å². The number of rotatable bonds is 1. The molecule has 0 amide bonds. The zero-order chi connectivity index (χ0) is 10.3. The lowest BCUT2D eigenvalue weighted by Crippen LogP contribution is -2.09. The van der Waals surface area contributed by atoms with Crippen molar-refractivity contribution in [3.63, 3.8) is 0 Å². The monoisotopic (exact) mass is 190 g/mol. The van der Waals surface area contributed by atoms with Crippen molar-refractivity contribution < 1.29 is 0 Å². The molecule has 0 atom stereocenters. The van der Waals surface area contributed by atoms with Crippen LogP contribution in [0.3, 0.4) is 0 Å². The van der Waals surface area contributed by atoms with Gasteiger partial charge in [-0.2, -0.15) is 5.10 Å². The zero-order valence-electron chi connectivity index (χ0n) is 8.70. The Morgan fingerprint density at radius 1 is 1.36 bits per heavy atom. The second-order valence-electron chi connectivity index (χ2n) is 3.52. The average molecular weight is 190 g/mol. The van der Waals surface area contributed by atoms with E-state index in [9.17, 15) is 0 Å². The van der Waals surface area contributed by atoms with Crippen LogP contribution in [0.25, 0.3) is 5.65 Å². The van der Waals surface area contributed by atoms with Crippen LogP contribution in [-0.4, -0.2) is 14.6 Å². The molecule has 0 fully saturated rings. The maximum atomic E-state index is 5.67. The summed E-state index contributed by atoms with van der Waals surface area (Å²) in [5.74, 6) is 0. The number of fused-ring (bicyclic) bond motifs is 1. The SMILES string of the molecule is Cc1cc2nc(C)c(CN)c(C)n2n1.